The van der Waals surface area contributed by atoms with Crippen molar-refractivity contribution in [2.24, 2.45) is 5.73 Å². The van der Waals surface area contributed by atoms with Gasteiger partial charge in [0, 0.05) is 24.5 Å². The molecule has 3 nitrogen and oxygen atoms in total. The lowest BCUT2D eigenvalue weighted by Crippen LogP contribution is -2.52. The minimum absolute atomic E-state index is 0.167. The van der Waals surface area contributed by atoms with Gasteiger partial charge in [-0.2, -0.15) is 0 Å². The van der Waals surface area contributed by atoms with Gasteiger partial charge in [-0.25, -0.2) is 0 Å². The smallest absolute Gasteiger partial charge is 0.224 e. The zero-order chi connectivity index (χ0) is 12.3. The van der Waals surface area contributed by atoms with Gasteiger partial charge in [-0.1, -0.05) is 19.3 Å². The molecule has 0 heterocycles. The molecule has 0 atom stereocenters. The number of carbonyl (C=O) groups excluding carboxylic acids is 1. The molecule has 0 bridgehead atoms. The summed E-state index contributed by atoms with van der Waals surface area (Å²) in [6, 6.07) is 0.491. The molecule has 3 heteroatoms. The highest BCUT2D eigenvalue weighted by atomic mass is 16.2. The van der Waals surface area contributed by atoms with Crippen LogP contribution in [0.3, 0.4) is 0 Å². The molecule has 0 aromatic carbocycles. The van der Waals surface area contributed by atoms with Crippen molar-refractivity contribution in [3.8, 4) is 0 Å². The summed E-state index contributed by atoms with van der Waals surface area (Å²) in [5.74, 6) is 0.293. The van der Waals surface area contributed by atoms with Crippen LogP contribution in [0.25, 0.3) is 0 Å². The summed E-state index contributed by atoms with van der Waals surface area (Å²) in [6.07, 6.45) is 10.1. The highest BCUT2D eigenvalue weighted by Crippen LogP contribution is 2.33. The Balaban J connectivity index is 1.89. The largest absolute Gasteiger partial charge is 0.340 e. The fourth-order valence-electron chi connectivity index (χ4n) is 3.24. The van der Waals surface area contributed by atoms with Crippen LogP contribution in [0.1, 0.15) is 64.7 Å². The van der Waals surface area contributed by atoms with Crippen LogP contribution in [-0.2, 0) is 4.79 Å². The van der Waals surface area contributed by atoms with Gasteiger partial charge in [0.2, 0.25) is 5.91 Å². The number of carbonyl (C=O) groups is 1. The molecule has 17 heavy (non-hydrogen) atoms. The second kappa shape index (κ2) is 5.38. The lowest BCUT2D eigenvalue weighted by molar-refractivity contribution is -0.136. The first-order valence-electron chi connectivity index (χ1n) is 7.23. The van der Waals surface area contributed by atoms with Crippen LogP contribution < -0.4 is 5.73 Å². The fourth-order valence-corrected chi connectivity index (χ4v) is 3.24. The molecule has 2 aliphatic carbocycles. The van der Waals surface area contributed by atoms with E-state index in [0.29, 0.717) is 18.4 Å². The van der Waals surface area contributed by atoms with Crippen LogP contribution in [0.15, 0.2) is 0 Å². The summed E-state index contributed by atoms with van der Waals surface area (Å²) in [5, 5.41) is 0. The quantitative estimate of drug-likeness (QED) is 0.817. The first kappa shape index (κ1) is 12.9. The van der Waals surface area contributed by atoms with Crippen molar-refractivity contribution in [1.82, 2.24) is 4.90 Å². The zero-order valence-corrected chi connectivity index (χ0v) is 11.1. The minimum Gasteiger partial charge on any atom is -0.340 e. The molecular formula is C14H26N2O. The van der Waals surface area contributed by atoms with Gasteiger partial charge in [-0.05, 0) is 39.0 Å². The highest BCUT2D eigenvalue weighted by molar-refractivity contribution is 5.78. The monoisotopic (exact) mass is 238 g/mol. The van der Waals surface area contributed by atoms with Crippen LogP contribution in [0.2, 0.25) is 0 Å². The molecule has 1 amide bonds. The van der Waals surface area contributed by atoms with Gasteiger partial charge in [-0.3, -0.25) is 4.79 Å². The summed E-state index contributed by atoms with van der Waals surface area (Å²) in [4.78, 5) is 14.4. The van der Waals surface area contributed by atoms with Crippen molar-refractivity contribution >= 4 is 5.91 Å². The Kier molecular flexibility index (Phi) is 4.08. The first-order valence-corrected chi connectivity index (χ1v) is 7.23. The summed E-state index contributed by atoms with van der Waals surface area (Å²) in [5.41, 5.74) is 6.01. The average Bonchev–Trinajstić information content (AvgIpc) is 2.29. The molecule has 2 saturated carbocycles. The van der Waals surface area contributed by atoms with Gasteiger partial charge in [0.05, 0.1) is 0 Å². The summed E-state index contributed by atoms with van der Waals surface area (Å²) < 4.78 is 0. The predicted molar refractivity (Wildman–Crippen MR) is 69.6 cm³/mol. The Morgan fingerprint density at radius 1 is 1.24 bits per heavy atom. The molecule has 0 saturated heterocycles. The molecule has 2 N–H and O–H groups in total. The van der Waals surface area contributed by atoms with Crippen LogP contribution in [-0.4, -0.2) is 28.9 Å². The van der Waals surface area contributed by atoms with Gasteiger partial charge in [-0.15, -0.1) is 0 Å². The van der Waals surface area contributed by atoms with E-state index in [1.165, 1.54) is 38.5 Å². The predicted octanol–water partition coefficient (Wildman–Crippen LogP) is 2.44. The molecule has 0 aromatic heterocycles. The summed E-state index contributed by atoms with van der Waals surface area (Å²) in [7, 11) is 0. The number of nitrogens with zero attached hydrogens (tertiary/aromatic N) is 1. The lowest BCUT2D eigenvalue weighted by atomic mass is 9.75. The van der Waals surface area contributed by atoms with Gasteiger partial charge in [0.1, 0.15) is 0 Å². The molecule has 0 aromatic rings. The molecule has 2 aliphatic rings. The SMILES string of the molecule is CCN(C(=O)CC1(N)CCC1)C1CCCCC1. The summed E-state index contributed by atoms with van der Waals surface area (Å²) >= 11 is 0. The third-order valence-electron chi connectivity index (χ3n) is 4.53. The second-order valence-corrected chi connectivity index (χ2v) is 5.86. The van der Waals surface area contributed by atoms with E-state index < -0.39 is 0 Å². The van der Waals surface area contributed by atoms with Crippen LogP contribution in [0, 0.1) is 0 Å². The van der Waals surface area contributed by atoms with Crippen LogP contribution in [0.4, 0.5) is 0 Å². The topological polar surface area (TPSA) is 46.3 Å². The van der Waals surface area contributed by atoms with Crippen molar-refractivity contribution in [2.45, 2.75) is 76.3 Å². The minimum atomic E-state index is -0.167. The maximum atomic E-state index is 12.3. The van der Waals surface area contributed by atoms with E-state index in [0.717, 1.165) is 19.4 Å². The van der Waals surface area contributed by atoms with Gasteiger partial charge in [0.15, 0.2) is 0 Å². The summed E-state index contributed by atoms with van der Waals surface area (Å²) in [6.45, 7) is 2.94. The van der Waals surface area contributed by atoms with Crippen molar-refractivity contribution in [3.63, 3.8) is 0 Å². The Morgan fingerprint density at radius 2 is 1.88 bits per heavy atom. The Morgan fingerprint density at radius 3 is 2.35 bits per heavy atom. The average molecular weight is 238 g/mol. The molecule has 2 fully saturated rings. The molecular weight excluding hydrogens is 212 g/mol. The van der Waals surface area contributed by atoms with Crippen molar-refractivity contribution in [3.05, 3.63) is 0 Å². The number of nitrogens with two attached hydrogens (primary N) is 1. The number of amides is 1. The van der Waals surface area contributed by atoms with Gasteiger partial charge >= 0.3 is 0 Å². The van der Waals surface area contributed by atoms with Gasteiger partial charge in [0.25, 0.3) is 0 Å². The standard InChI is InChI=1S/C14H26N2O/c1-2-16(12-7-4-3-5-8-12)13(17)11-14(15)9-6-10-14/h12H,2-11,15H2,1H3. The van der Waals surface area contributed by atoms with Crippen molar-refractivity contribution in [2.75, 3.05) is 6.54 Å². The number of hydrogen-bond donors (Lipinski definition) is 1. The van der Waals surface area contributed by atoms with Crippen LogP contribution in [0.5, 0.6) is 0 Å². The molecule has 0 aliphatic heterocycles. The Labute approximate surface area is 105 Å². The molecule has 0 spiro atoms. The molecule has 0 unspecified atom stereocenters. The molecule has 0 radical (unpaired) electrons. The maximum absolute atomic E-state index is 12.3. The Bertz CT molecular complexity index is 267. The fraction of sp³-hybridized carbons (Fsp3) is 0.929. The second-order valence-electron chi connectivity index (χ2n) is 5.86. The van der Waals surface area contributed by atoms with E-state index in [1.807, 2.05) is 0 Å². The maximum Gasteiger partial charge on any atom is 0.224 e. The lowest BCUT2D eigenvalue weighted by Gasteiger charge is -2.41. The van der Waals surface area contributed by atoms with E-state index >= 15 is 0 Å². The molecule has 2 rings (SSSR count). The van der Waals surface area contributed by atoms with Crippen molar-refractivity contribution in [1.29, 1.82) is 0 Å². The number of rotatable bonds is 4. The van der Waals surface area contributed by atoms with E-state index in [-0.39, 0.29) is 5.54 Å². The third-order valence-corrected chi connectivity index (χ3v) is 4.53. The van der Waals surface area contributed by atoms with Crippen LogP contribution >= 0.6 is 0 Å². The Hall–Kier alpha value is -0.570. The van der Waals surface area contributed by atoms with Gasteiger partial charge < -0.3 is 10.6 Å². The normalized spacial score (nSPS) is 24.1. The van der Waals surface area contributed by atoms with E-state index in [4.69, 9.17) is 5.73 Å². The molecule has 98 valence electrons. The van der Waals surface area contributed by atoms with E-state index in [9.17, 15) is 4.79 Å². The third kappa shape index (κ3) is 3.01. The zero-order valence-electron chi connectivity index (χ0n) is 11.1. The van der Waals surface area contributed by atoms with Crippen molar-refractivity contribution < 1.29 is 4.79 Å². The number of hydrogen-bond acceptors (Lipinski definition) is 2. The van der Waals surface area contributed by atoms with E-state index in [2.05, 4.69) is 11.8 Å². The highest BCUT2D eigenvalue weighted by Gasteiger charge is 2.37. The first-order chi connectivity index (χ1) is 8.14. The van der Waals surface area contributed by atoms with E-state index in [1.54, 1.807) is 0 Å².